The van der Waals surface area contributed by atoms with Crippen molar-refractivity contribution in [3.63, 3.8) is 0 Å². The smallest absolute Gasteiger partial charge is 0.139 e. The SMILES string of the molecule is CCCc1c(NC)ncnc1Nc1ccccc1COC. The number of nitrogens with zero attached hydrogens (tertiary/aromatic N) is 2. The number of para-hydroxylation sites is 1. The molecule has 0 amide bonds. The van der Waals surface area contributed by atoms with Gasteiger partial charge in [-0.15, -0.1) is 0 Å². The number of methoxy groups -OCH3 is 1. The van der Waals surface area contributed by atoms with Gasteiger partial charge in [-0.2, -0.15) is 0 Å². The fourth-order valence-corrected chi connectivity index (χ4v) is 2.27. The molecular weight excluding hydrogens is 264 g/mol. The Morgan fingerprint density at radius 2 is 1.90 bits per heavy atom. The second-order valence-corrected chi connectivity index (χ2v) is 4.76. The lowest BCUT2D eigenvalue weighted by atomic mass is 10.1. The molecule has 0 aliphatic heterocycles. The molecule has 112 valence electrons. The van der Waals surface area contributed by atoms with Gasteiger partial charge in [-0.05, 0) is 12.5 Å². The van der Waals surface area contributed by atoms with Crippen LogP contribution in [0.5, 0.6) is 0 Å². The van der Waals surface area contributed by atoms with Gasteiger partial charge < -0.3 is 15.4 Å². The molecule has 0 bridgehead atoms. The molecule has 0 saturated carbocycles. The molecule has 5 nitrogen and oxygen atoms in total. The molecule has 0 spiro atoms. The van der Waals surface area contributed by atoms with Gasteiger partial charge in [-0.1, -0.05) is 31.5 Å². The van der Waals surface area contributed by atoms with Crippen LogP contribution in [0.25, 0.3) is 0 Å². The van der Waals surface area contributed by atoms with Crippen LogP contribution < -0.4 is 10.6 Å². The van der Waals surface area contributed by atoms with Gasteiger partial charge in [0.25, 0.3) is 0 Å². The van der Waals surface area contributed by atoms with Crippen molar-refractivity contribution in [2.45, 2.75) is 26.4 Å². The van der Waals surface area contributed by atoms with Gasteiger partial charge >= 0.3 is 0 Å². The van der Waals surface area contributed by atoms with Crippen molar-refractivity contribution in [3.8, 4) is 0 Å². The van der Waals surface area contributed by atoms with E-state index in [0.717, 1.165) is 41.3 Å². The van der Waals surface area contributed by atoms with E-state index in [0.29, 0.717) is 6.61 Å². The minimum absolute atomic E-state index is 0.566. The standard InChI is InChI=1S/C16H22N4O/c1-4-7-13-15(17-2)18-11-19-16(13)20-14-9-6-5-8-12(14)10-21-3/h5-6,8-9,11H,4,7,10H2,1-3H3,(H2,17,18,19,20). The van der Waals surface area contributed by atoms with Gasteiger partial charge in [0.2, 0.25) is 0 Å². The molecule has 21 heavy (non-hydrogen) atoms. The Kier molecular flexibility index (Phi) is 5.51. The second-order valence-electron chi connectivity index (χ2n) is 4.76. The summed E-state index contributed by atoms with van der Waals surface area (Å²) in [6.07, 6.45) is 3.54. The molecule has 2 N–H and O–H groups in total. The number of anilines is 3. The van der Waals surface area contributed by atoms with E-state index in [1.807, 2.05) is 31.3 Å². The van der Waals surface area contributed by atoms with Gasteiger partial charge in [0.15, 0.2) is 0 Å². The summed E-state index contributed by atoms with van der Waals surface area (Å²) in [6.45, 7) is 2.71. The summed E-state index contributed by atoms with van der Waals surface area (Å²) in [7, 11) is 3.58. The number of aromatic nitrogens is 2. The highest BCUT2D eigenvalue weighted by molar-refractivity contribution is 5.66. The Balaban J connectivity index is 2.35. The maximum Gasteiger partial charge on any atom is 0.139 e. The Labute approximate surface area is 125 Å². The summed E-state index contributed by atoms with van der Waals surface area (Å²) in [5.74, 6) is 1.72. The number of rotatable bonds is 7. The first-order valence-corrected chi connectivity index (χ1v) is 7.15. The van der Waals surface area contributed by atoms with Crippen LogP contribution >= 0.6 is 0 Å². The average Bonchev–Trinajstić information content (AvgIpc) is 2.51. The zero-order chi connectivity index (χ0) is 15.1. The predicted octanol–water partition coefficient (Wildman–Crippen LogP) is 3.36. The fourth-order valence-electron chi connectivity index (χ4n) is 2.27. The number of benzene rings is 1. The van der Waals surface area contributed by atoms with Gasteiger partial charge in [0.1, 0.15) is 18.0 Å². The van der Waals surface area contributed by atoms with Gasteiger partial charge in [0, 0.05) is 31.0 Å². The van der Waals surface area contributed by atoms with E-state index in [9.17, 15) is 0 Å². The third-order valence-corrected chi connectivity index (χ3v) is 3.25. The van der Waals surface area contributed by atoms with E-state index in [2.05, 4.69) is 27.5 Å². The Hall–Kier alpha value is -2.14. The summed E-state index contributed by atoms with van der Waals surface area (Å²) < 4.78 is 5.24. The first-order chi connectivity index (χ1) is 10.3. The molecule has 0 aliphatic rings. The lowest BCUT2D eigenvalue weighted by Crippen LogP contribution is -2.06. The van der Waals surface area contributed by atoms with Crippen molar-refractivity contribution in [3.05, 3.63) is 41.7 Å². The van der Waals surface area contributed by atoms with Crippen LogP contribution in [-0.4, -0.2) is 24.1 Å². The largest absolute Gasteiger partial charge is 0.380 e. The van der Waals surface area contributed by atoms with Crippen LogP contribution in [0.2, 0.25) is 0 Å². The monoisotopic (exact) mass is 286 g/mol. The van der Waals surface area contributed by atoms with E-state index < -0.39 is 0 Å². The number of hydrogen-bond acceptors (Lipinski definition) is 5. The molecule has 0 radical (unpaired) electrons. The first kappa shape index (κ1) is 15.3. The molecular formula is C16H22N4O. The van der Waals surface area contributed by atoms with Crippen LogP contribution in [-0.2, 0) is 17.8 Å². The number of nitrogens with one attached hydrogen (secondary N) is 2. The normalized spacial score (nSPS) is 10.4. The van der Waals surface area contributed by atoms with Gasteiger partial charge in [0.05, 0.1) is 6.61 Å². The summed E-state index contributed by atoms with van der Waals surface area (Å²) in [4.78, 5) is 8.69. The summed E-state index contributed by atoms with van der Waals surface area (Å²) in [5, 5.41) is 6.54. The van der Waals surface area contributed by atoms with E-state index in [1.54, 1.807) is 13.4 Å². The predicted molar refractivity (Wildman–Crippen MR) is 86.0 cm³/mol. The highest BCUT2D eigenvalue weighted by atomic mass is 16.5. The van der Waals surface area contributed by atoms with Gasteiger partial charge in [-0.3, -0.25) is 0 Å². The minimum Gasteiger partial charge on any atom is -0.380 e. The van der Waals surface area contributed by atoms with E-state index >= 15 is 0 Å². The Morgan fingerprint density at radius 3 is 2.62 bits per heavy atom. The highest BCUT2D eigenvalue weighted by Crippen LogP contribution is 2.26. The lowest BCUT2D eigenvalue weighted by Gasteiger charge is -2.15. The van der Waals surface area contributed by atoms with Crippen molar-refractivity contribution in [2.24, 2.45) is 0 Å². The van der Waals surface area contributed by atoms with E-state index in [1.165, 1.54) is 0 Å². The quantitative estimate of drug-likeness (QED) is 0.817. The summed E-state index contributed by atoms with van der Waals surface area (Å²) in [6, 6.07) is 8.09. The van der Waals surface area contributed by atoms with Crippen LogP contribution in [0.1, 0.15) is 24.5 Å². The van der Waals surface area contributed by atoms with Crippen LogP contribution in [0.4, 0.5) is 17.3 Å². The second kappa shape index (κ2) is 7.59. The maximum atomic E-state index is 5.24. The molecule has 0 unspecified atom stereocenters. The van der Waals surface area contributed by atoms with Crippen molar-refractivity contribution in [1.82, 2.24) is 9.97 Å². The van der Waals surface area contributed by atoms with Crippen LogP contribution in [0, 0.1) is 0 Å². The topological polar surface area (TPSA) is 59.1 Å². The molecule has 1 heterocycles. The highest BCUT2D eigenvalue weighted by Gasteiger charge is 2.11. The summed E-state index contributed by atoms with van der Waals surface area (Å²) in [5.41, 5.74) is 3.22. The molecule has 0 aliphatic carbocycles. The molecule has 5 heteroatoms. The molecule has 2 aromatic rings. The molecule has 0 atom stereocenters. The minimum atomic E-state index is 0.566. The third kappa shape index (κ3) is 3.70. The Morgan fingerprint density at radius 1 is 1.14 bits per heavy atom. The molecule has 0 saturated heterocycles. The number of hydrogen-bond donors (Lipinski definition) is 2. The van der Waals surface area contributed by atoms with E-state index in [-0.39, 0.29) is 0 Å². The fraction of sp³-hybridized carbons (Fsp3) is 0.375. The maximum absolute atomic E-state index is 5.24. The van der Waals surface area contributed by atoms with Crippen molar-refractivity contribution in [2.75, 3.05) is 24.8 Å². The van der Waals surface area contributed by atoms with Gasteiger partial charge in [-0.25, -0.2) is 9.97 Å². The zero-order valence-corrected chi connectivity index (χ0v) is 12.8. The third-order valence-electron chi connectivity index (χ3n) is 3.25. The summed E-state index contributed by atoms with van der Waals surface area (Å²) >= 11 is 0. The van der Waals surface area contributed by atoms with Crippen LogP contribution in [0.3, 0.4) is 0 Å². The zero-order valence-electron chi connectivity index (χ0n) is 12.8. The molecule has 0 fully saturated rings. The average molecular weight is 286 g/mol. The number of ether oxygens (including phenoxy) is 1. The van der Waals surface area contributed by atoms with Crippen molar-refractivity contribution < 1.29 is 4.74 Å². The van der Waals surface area contributed by atoms with Crippen molar-refractivity contribution >= 4 is 17.3 Å². The van der Waals surface area contributed by atoms with Crippen molar-refractivity contribution in [1.29, 1.82) is 0 Å². The lowest BCUT2D eigenvalue weighted by molar-refractivity contribution is 0.185. The molecule has 2 rings (SSSR count). The van der Waals surface area contributed by atoms with E-state index in [4.69, 9.17) is 4.74 Å². The molecule has 1 aromatic carbocycles. The Bertz CT molecular complexity index is 586. The first-order valence-electron chi connectivity index (χ1n) is 7.15. The molecule has 1 aromatic heterocycles. The van der Waals surface area contributed by atoms with Crippen LogP contribution in [0.15, 0.2) is 30.6 Å².